The Balaban J connectivity index is 1.92. The number of ether oxygens (including phenoxy) is 4. The molecule has 0 saturated carbocycles. The minimum Gasteiger partial charge on any atom is -0.475 e. The third kappa shape index (κ3) is 7.83. The van der Waals surface area contributed by atoms with Gasteiger partial charge in [0.05, 0.1) is 33.0 Å². The molecule has 1 aromatic heterocycles. The molecule has 0 saturated heterocycles. The van der Waals surface area contributed by atoms with Crippen LogP contribution in [0.25, 0.3) is 0 Å². The summed E-state index contributed by atoms with van der Waals surface area (Å²) in [4.78, 5) is 14.4. The van der Waals surface area contributed by atoms with Crippen LogP contribution in [0.5, 0.6) is 5.88 Å². The zero-order valence-corrected chi connectivity index (χ0v) is 11.7. The summed E-state index contributed by atoms with van der Waals surface area (Å²) in [5, 5.41) is 0. The summed E-state index contributed by atoms with van der Waals surface area (Å²) in [6.07, 6.45) is 2.21. The number of rotatable bonds is 12. The van der Waals surface area contributed by atoms with Crippen molar-refractivity contribution in [3.63, 3.8) is 0 Å². The van der Waals surface area contributed by atoms with Crippen molar-refractivity contribution in [2.75, 3.05) is 46.2 Å². The second-order valence-corrected chi connectivity index (χ2v) is 3.82. The Morgan fingerprint density at radius 2 is 1.65 bits per heavy atom. The molecule has 6 heteroatoms. The maximum atomic E-state index is 10.4. The minimum atomic E-state index is 0.409. The van der Waals surface area contributed by atoms with Crippen molar-refractivity contribution in [2.24, 2.45) is 0 Å². The summed E-state index contributed by atoms with van der Waals surface area (Å²) in [7, 11) is 0. The zero-order valence-electron chi connectivity index (χ0n) is 11.7. The van der Waals surface area contributed by atoms with E-state index in [-0.39, 0.29) is 0 Å². The molecule has 0 fully saturated rings. The van der Waals surface area contributed by atoms with Gasteiger partial charge in [0.2, 0.25) is 5.88 Å². The fraction of sp³-hybridized carbons (Fsp3) is 0.571. The molecule has 0 aromatic carbocycles. The van der Waals surface area contributed by atoms with Crippen LogP contribution in [0.4, 0.5) is 0 Å². The van der Waals surface area contributed by atoms with Gasteiger partial charge in [0.25, 0.3) is 0 Å². The number of pyridine rings is 1. The Bertz CT molecular complexity index is 355. The zero-order chi connectivity index (χ0) is 14.5. The van der Waals surface area contributed by atoms with Gasteiger partial charge in [0, 0.05) is 24.4 Å². The third-order valence-corrected chi connectivity index (χ3v) is 2.32. The lowest BCUT2D eigenvalue weighted by atomic mass is 10.3. The van der Waals surface area contributed by atoms with Crippen molar-refractivity contribution in [3.8, 4) is 5.88 Å². The number of aldehydes is 1. The van der Waals surface area contributed by atoms with Crippen LogP contribution in [0, 0.1) is 0 Å². The average molecular weight is 283 g/mol. The van der Waals surface area contributed by atoms with Gasteiger partial charge >= 0.3 is 0 Å². The molecule has 1 rings (SSSR count). The Morgan fingerprint density at radius 3 is 2.20 bits per heavy atom. The molecule has 0 aliphatic heterocycles. The summed E-state index contributed by atoms with van der Waals surface area (Å²) in [5.74, 6) is 0.479. The number of aromatic nitrogens is 1. The van der Waals surface area contributed by atoms with Crippen LogP contribution < -0.4 is 4.74 Å². The first-order chi connectivity index (χ1) is 9.86. The normalized spacial score (nSPS) is 10.4. The molecule has 0 radical (unpaired) electrons. The van der Waals surface area contributed by atoms with Gasteiger partial charge in [-0.15, -0.1) is 0 Å². The van der Waals surface area contributed by atoms with Crippen molar-refractivity contribution in [3.05, 3.63) is 23.9 Å². The highest BCUT2D eigenvalue weighted by atomic mass is 16.6. The van der Waals surface area contributed by atoms with Crippen molar-refractivity contribution in [2.45, 2.75) is 6.92 Å². The van der Waals surface area contributed by atoms with E-state index in [4.69, 9.17) is 18.9 Å². The summed E-state index contributed by atoms with van der Waals surface area (Å²) >= 11 is 0. The molecule has 0 aliphatic rings. The molecule has 0 N–H and O–H groups in total. The van der Waals surface area contributed by atoms with E-state index in [1.165, 1.54) is 6.20 Å². The first-order valence-corrected chi connectivity index (χ1v) is 6.64. The van der Waals surface area contributed by atoms with Crippen LogP contribution in [-0.2, 0) is 14.2 Å². The van der Waals surface area contributed by atoms with Gasteiger partial charge < -0.3 is 18.9 Å². The molecule has 20 heavy (non-hydrogen) atoms. The number of hydrogen-bond donors (Lipinski definition) is 0. The fourth-order valence-corrected chi connectivity index (χ4v) is 1.34. The molecular weight excluding hydrogens is 262 g/mol. The van der Waals surface area contributed by atoms with Gasteiger partial charge in [-0.25, -0.2) is 4.98 Å². The molecular formula is C14H21NO5. The molecule has 112 valence electrons. The van der Waals surface area contributed by atoms with Crippen LogP contribution in [-0.4, -0.2) is 57.5 Å². The van der Waals surface area contributed by atoms with Gasteiger partial charge in [-0.2, -0.15) is 0 Å². The summed E-state index contributed by atoms with van der Waals surface area (Å²) in [5.41, 5.74) is 0.526. The molecule has 0 aliphatic carbocycles. The lowest BCUT2D eigenvalue weighted by Crippen LogP contribution is -2.13. The molecule has 1 heterocycles. The van der Waals surface area contributed by atoms with E-state index in [9.17, 15) is 4.79 Å². The number of hydrogen-bond acceptors (Lipinski definition) is 6. The van der Waals surface area contributed by atoms with E-state index < -0.39 is 0 Å². The first-order valence-electron chi connectivity index (χ1n) is 6.64. The lowest BCUT2D eigenvalue weighted by molar-refractivity contribution is 0.0111. The molecule has 6 nitrogen and oxygen atoms in total. The Kier molecular flexibility index (Phi) is 9.38. The number of nitrogens with zero attached hydrogens (tertiary/aromatic N) is 1. The van der Waals surface area contributed by atoms with Gasteiger partial charge in [-0.05, 0) is 13.0 Å². The largest absolute Gasteiger partial charge is 0.475 e. The highest BCUT2D eigenvalue weighted by Crippen LogP contribution is 2.05. The minimum absolute atomic E-state index is 0.409. The van der Waals surface area contributed by atoms with Gasteiger partial charge in [0.15, 0.2) is 6.29 Å². The van der Waals surface area contributed by atoms with E-state index >= 15 is 0 Å². The van der Waals surface area contributed by atoms with Crippen LogP contribution >= 0.6 is 0 Å². The monoisotopic (exact) mass is 283 g/mol. The van der Waals surface area contributed by atoms with Crippen LogP contribution in [0.3, 0.4) is 0 Å². The maximum Gasteiger partial charge on any atom is 0.213 e. The van der Waals surface area contributed by atoms with Crippen molar-refractivity contribution in [1.29, 1.82) is 0 Å². The fourth-order valence-electron chi connectivity index (χ4n) is 1.34. The Morgan fingerprint density at radius 1 is 1.00 bits per heavy atom. The van der Waals surface area contributed by atoms with E-state index in [2.05, 4.69) is 4.98 Å². The van der Waals surface area contributed by atoms with Crippen LogP contribution in [0.15, 0.2) is 18.3 Å². The van der Waals surface area contributed by atoms with Crippen molar-refractivity contribution < 1.29 is 23.7 Å². The Hall–Kier alpha value is -1.50. The molecule has 0 spiro atoms. The quantitative estimate of drug-likeness (QED) is 0.426. The number of carbonyl (C=O) groups is 1. The first kappa shape index (κ1) is 16.6. The topological polar surface area (TPSA) is 66.9 Å². The summed E-state index contributed by atoms with van der Waals surface area (Å²) < 4.78 is 21.1. The summed E-state index contributed by atoms with van der Waals surface area (Å²) in [6.45, 7) is 5.79. The van der Waals surface area contributed by atoms with Crippen LogP contribution in [0.2, 0.25) is 0 Å². The smallest absolute Gasteiger partial charge is 0.213 e. The standard InChI is InChI=1S/C14H21NO5/c1-2-17-5-6-18-7-8-19-9-10-20-14-4-3-13(12-16)11-15-14/h3-4,11-12H,2,5-10H2,1H3. The highest BCUT2D eigenvalue weighted by Gasteiger charge is 1.96. The number of carbonyl (C=O) groups excluding carboxylic acids is 1. The summed E-state index contributed by atoms with van der Waals surface area (Å²) in [6, 6.07) is 3.31. The second kappa shape index (κ2) is 11.3. The van der Waals surface area contributed by atoms with E-state index in [1.807, 2.05) is 6.92 Å². The maximum absolute atomic E-state index is 10.4. The molecule has 0 atom stereocenters. The second-order valence-electron chi connectivity index (χ2n) is 3.82. The highest BCUT2D eigenvalue weighted by molar-refractivity contribution is 5.73. The Labute approximate surface area is 119 Å². The van der Waals surface area contributed by atoms with E-state index in [0.717, 1.165) is 6.29 Å². The lowest BCUT2D eigenvalue weighted by Gasteiger charge is -2.07. The molecule has 0 bridgehead atoms. The SMILES string of the molecule is CCOCCOCCOCCOc1ccc(C=O)cn1. The van der Waals surface area contributed by atoms with Crippen LogP contribution in [0.1, 0.15) is 17.3 Å². The molecule has 0 amide bonds. The van der Waals surface area contributed by atoms with Gasteiger partial charge in [0.1, 0.15) is 6.61 Å². The predicted molar refractivity (Wildman–Crippen MR) is 73.3 cm³/mol. The molecule has 1 aromatic rings. The van der Waals surface area contributed by atoms with Gasteiger partial charge in [-0.3, -0.25) is 4.79 Å². The molecule has 0 unspecified atom stereocenters. The van der Waals surface area contributed by atoms with Crippen molar-refractivity contribution >= 4 is 6.29 Å². The van der Waals surface area contributed by atoms with Gasteiger partial charge in [-0.1, -0.05) is 0 Å². The van der Waals surface area contributed by atoms with E-state index in [1.54, 1.807) is 12.1 Å². The van der Waals surface area contributed by atoms with Crippen molar-refractivity contribution in [1.82, 2.24) is 4.98 Å². The third-order valence-electron chi connectivity index (χ3n) is 2.32. The van der Waals surface area contributed by atoms with E-state index in [0.29, 0.717) is 57.7 Å². The average Bonchev–Trinajstić information content (AvgIpc) is 2.50. The predicted octanol–water partition coefficient (Wildman–Crippen LogP) is 1.34.